The number of likely N-dealkylation sites (N-methyl/N-ethyl adjacent to an activating group) is 2. The maximum absolute atomic E-state index is 10.3. The number of aromatic nitrogens is 1. The van der Waals surface area contributed by atoms with E-state index < -0.39 is 6.10 Å². The van der Waals surface area contributed by atoms with E-state index >= 15 is 0 Å². The van der Waals surface area contributed by atoms with Crippen LogP contribution < -0.4 is 0 Å². The highest BCUT2D eigenvalue weighted by Crippen LogP contribution is 2.27. The summed E-state index contributed by atoms with van der Waals surface area (Å²) in [5.41, 5.74) is 3.62. The van der Waals surface area contributed by atoms with Crippen molar-refractivity contribution in [1.29, 1.82) is 0 Å². The summed E-state index contributed by atoms with van der Waals surface area (Å²) >= 11 is 0. The highest BCUT2D eigenvalue weighted by atomic mass is 16.5. The van der Waals surface area contributed by atoms with E-state index in [9.17, 15) is 5.11 Å². The van der Waals surface area contributed by atoms with Gasteiger partial charge in [-0.15, -0.1) is 0 Å². The first kappa shape index (κ1) is 23.1. The van der Waals surface area contributed by atoms with Crippen LogP contribution in [0.4, 0.5) is 0 Å². The molecule has 0 amide bonds. The monoisotopic (exact) mass is 419 g/mol. The summed E-state index contributed by atoms with van der Waals surface area (Å²) in [4.78, 5) is 8.52. The Morgan fingerprint density at radius 3 is 2.00 bits per heavy atom. The van der Waals surface area contributed by atoms with Gasteiger partial charge in [-0.25, -0.2) is 0 Å². The van der Waals surface area contributed by atoms with E-state index in [1.807, 2.05) is 19.2 Å². The highest BCUT2D eigenvalue weighted by molar-refractivity contribution is 5.31. The predicted molar refractivity (Wildman–Crippen MR) is 125 cm³/mol. The molecule has 0 fully saturated rings. The van der Waals surface area contributed by atoms with Gasteiger partial charge in [-0.1, -0.05) is 60.7 Å². The first-order chi connectivity index (χ1) is 15.1. The minimum Gasteiger partial charge on any atom is -0.389 e. The number of pyridine rings is 1. The number of aliphatic hydroxyl groups is 1. The van der Waals surface area contributed by atoms with Crippen LogP contribution >= 0.6 is 0 Å². The predicted octanol–water partition coefficient (Wildman–Crippen LogP) is 3.61. The van der Waals surface area contributed by atoms with Crippen LogP contribution in [0.3, 0.4) is 0 Å². The van der Waals surface area contributed by atoms with Gasteiger partial charge in [0.1, 0.15) is 0 Å². The Hall–Kier alpha value is -2.57. The van der Waals surface area contributed by atoms with Gasteiger partial charge < -0.3 is 14.7 Å². The molecule has 5 heteroatoms. The Morgan fingerprint density at radius 2 is 1.42 bits per heavy atom. The smallest absolute Gasteiger partial charge is 0.0900 e. The molecule has 0 aliphatic carbocycles. The molecule has 0 saturated carbocycles. The summed E-state index contributed by atoms with van der Waals surface area (Å²) in [5, 5.41) is 10.3. The zero-order valence-corrected chi connectivity index (χ0v) is 18.5. The van der Waals surface area contributed by atoms with Gasteiger partial charge >= 0.3 is 0 Å². The Bertz CT molecular complexity index is 822. The van der Waals surface area contributed by atoms with Crippen molar-refractivity contribution in [3.8, 4) is 0 Å². The van der Waals surface area contributed by atoms with Gasteiger partial charge in [-0.05, 0) is 42.9 Å². The van der Waals surface area contributed by atoms with Crippen molar-refractivity contribution in [1.82, 2.24) is 14.8 Å². The van der Waals surface area contributed by atoms with Gasteiger partial charge in [0.25, 0.3) is 0 Å². The van der Waals surface area contributed by atoms with Gasteiger partial charge in [0.15, 0.2) is 0 Å². The average Bonchev–Trinajstić information content (AvgIpc) is 2.80. The van der Waals surface area contributed by atoms with Crippen LogP contribution in [0.5, 0.6) is 0 Å². The standard InChI is InChI=1S/C26H33N3O2/c1-28(19-25(30)21-31-20-22-13-15-27-16-14-22)17-18-29(2)26(23-9-5-3-6-10-23)24-11-7-4-8-12-24/h3-16,25-26,30H,17-21H2,1-2H3. The van der Waals surface area contributed by atoms with Crippen molar-refractivity contribution in [3.63, 3.8) is 0 Å². The third-order valence-corrected chi connectivity index (χ3v) is 5.36. The molecule has 3 aromatic rings. The second-order valence-electron chi connectivity index (χ2n) is 7.99. The quantitative estimate of drug-likeness (QED) is 0.486. The molecule has 1 atom stereocenters. The van der Waals surface area contributed by atoms with Gasteiger partial charge in [0, 0.05) is 32.0 Å². The normalized spacial score (nSPS) is 12.6. The minimum atomic E-state index is -0.517. The number of hydrogen-bond acceptors (Lipinski definition) is 5. The zero-order valence-electron chi connectivity index (χ0n) is 18.5. The molecular formula is C26H33N3O2. The molecule has 0 aliphatic rings. The number of hydrogen-bond donors (Lipinski definition) is 1. The first-order valence-electron chi connectivity index (χ1n) is 10.8. The van der Waals surface area contributed by atoms with Crippen LogP contribution in [0.25, 0.3) is 0 Å². The molecule has 2 aromatic carbocycles. The summed E-state index contributed by atoms with van der Waals surface area (Å²) < 4.78 is 5.65. The van der Waals surface area contributed by atoms with Gasteiger partial charge in [0.05, 0.1) is 25.4 Å². The highest BCUT2D eigenvalue weighted by Gasteiger charge is 2.19. The molecule has 31 heavy (non-hydrogen) atoms. The molecule has 0 saturated heterocycles. The molecule has 0 spiro atoms. The third-order valence-electron chi connectivity index (χ3n) is 5.36. The fourth-order valence-corrected chi connectivity index (χ4v) is 3.73. The van der Waals surface area contributed by atoms with E-state index in [-0.39, 0.29) is 6.04 Å². The molecule has 5 nitrogen and oxygen atoms in total. The fourth-order valence-electron chi connectivity index (χ4n) is 3.73. The maximum Gasteiger partial charge on any atom is 0.0900 e. The largest absolute Gasteiger partial charge is 0.389 e. The molecular weight excluding hydrogens is 386 g/mol. The lowest BCUT2D eigenvalue weighted by atomic mass is 9.97. The summed E-state index contributed by atoms with van der Waals surface area (Å²) in [6, 6.07) is 25.2. The lowest BCUT2D eigenvalue weighted by Crippen LogP contribution is -2.38. The van der Waals surface area contributed by atoms with Crippen molar-refractivity contribution in [2.75, 3.05) is 40.3 Å². The van der Waals surface area contributed by atoms with Crippen molar-refractivity contribution in [2.24, 2.45) is 0 Å². The van der Waals surface area contributed by atoms with Crippen LogP contribution in [-0.4, -0.2) is 66.3 Å². The molecule has 164 valence electrons. The molecule has 0 radical (unpaired) electrons. The lowest BCUT2D eigenvalue weighted by molar-refractivity contribution is 0.0126. The van der Waals surface area contributed by atoms with Gasteiger partial charge in [0.2, 0.25) is 0 Å². The Balaban J connectivity index is 1.48. The molecule has 1 unspecified atom stereocenters. The SMILES string of the molecule is CN(CCN(C)C(c1ccccc1)c1ccccc1)CC(O)COCc1ccncc1. The van der Waals surface area contributed by atoms with Gasteiger partial charge in [-0.2, -0.15) is 0 Å². The Morgan fingerprint density at radius 1 is 0.839 bits per heavy atom. The lowest BCUT2D eigenvalue weighted by Gasteiger charge is -2.31. The van der Waals surface area contributed by atoms with E-state index in [0.29, 0.717) is 19.8 Å². The number of nitrogens with zero attached hydrogens (tertiary/aromatic N) is 3. The first-order valence-corrected chi connectivity index (χ1v) is 10.8. The molecule has 0 aliphatic heterocycles. The van der Waals surface area contributed by atoms with E-state index in [1.54, 1.807) is 12.4 Å². The molecule has 1 N–H and O–H groups in total. The molecule has 0 bridgehead atoms. The van der Waals surface area contributed by atoms with Crippen molar-refractivity contribution in [3.05, 3.63) is 102 Å². The fraction of sp³-hybridized carbons (Fsp3) is 0.346. The Labute approximate surface area is 185 Å². The summed E-state index contributed by atoms with van der Waals surface area (Å²) in [5.74, 6) is 0. The summed E-state index contributed by atoms with van der Waals surface area (Å²) in [7, 11) is 4.20. The van der Waals surface area contributed by atoms with Crippen LogP contribution in [0.1, 0.15) is 22.7 Å². The van der Waals surface area contributed by atoms with E-state index in [1.165, 1.54) is 11.1 Å². The minimum absolute atomic E-state index is 0.199. The summed E-state index contributed by atoms with van der Waals surface area (Å²) in [6.07, 6.45) is 2.98. The number of rotatable bonds is 12. The van der Waals surface area contributed by atoms with E-state index in [2.05, 4.69) is 82.5 Å². The van der Waals surface area contributed by atoms with Crippen molar-refractivity contribution < 1.29 is 9.84 Å². The van der Waals surface area contributed by atoms with Crippen LogP contribution in [0, 0.1) is 0 Å². The van der Waals surface area contributed by atoms with Crippen molar-refractivity contribution >= 4 is 0 Å². The van der Waals surface area contributed by atoms with Gasteiger partial charge in [-0.3, -0.25) is 9.88 Å². The number of benzene rings is 2. The van der Waals surface area contributed by atoms with Crippen molar-refractivity contribution in [2.45, 2.75) is 18.8 Å². The second kappa shape index (κ2) is 12.3. The number of ether oxygens (including phenoxy) is 1. The van der Waals surface area contributed by atoms with Crippen LogP contribution in [-0.2, 0) is 11.3 Å². The van der Waals surface area contributed by atoms with E-state index in [4.69, 9.17) is 4.74 Å². The maximum atomic E-state index is 10.3. The molecule has 1 aromatic heterocycles. The second-order valence-corrected chi connectivity index (χ2v) is 7.99. The van der Waals surface area contributed by atoms with Crippen LogP contribution in [0.15, 0.2) is 85.2 Å². The average molecular weight is 420 g/mol. The Kier molecular flexibility index (Phi) is 9.18. The number of aliphatic hydroxyl groups excluding tert-OH is 1. The molecule has 3 rings (SSSR count). The third kappa shape index (κ3) is 7.56. The van der Waals surface area contributed by atoms with Crippen LogP contribution in [0.2, 0.25) is 0 Å². The zero-order chi connectivity index (χ0) is 21.9. The molecule has 1 heterocycles. The summed E-state index contributed by atoms with van der Waals surface area (Å²) in [6.45, 7) is 3.12. The van der Waals surface area contributed by atoms with E-state index in [0.717, 1.165) is 18.7 Å². The topological polar surface area (TPSA) is 48.8 Å².